The Bertz CT molecular complexity index is 416. The van der Waals surface area contributed by atoms with Gasteiger partial charge in [0.25, 0.3) is 0 Å². The number of rotatable bonds is 6. The Morgan fingerprint density at radius 1 is 1.42 bits per heavy atom. The number of benzene rings is 1. The Morgan fingerprint density at radius 3 is 2.79 bits per heavy atom. The molecule has 1 aromatic rings. The third kappa shape index (κ3) is 4.24. The second-order valence-corrected chi connectivity index (χ2v) is 5.15. The Labute approximate surface area is 114 Å². The first-order chi connectivity index (χ1) is 9.17. The summed E-state index contributed by atoms with van der Waals surface area (Å²) in [6.07, 6.45) is 2.32. The highest BCUT2D eigenvalue weighted by molar-refractivity contribution is 5.67. The van der Waals surface area contributed by atoms with Gasteiger partial charge in [-0.1, -0.05) is 12.1 Å². The summed E-state index contributed by atoms with van der Waals surface area (Å²) in [6, 6.07) is 8.13. The quantitative estimate of drug-likeness (QED) is 0.853. The fourth-order valence-corrected chi connectivity index (χ4v) is 2.61. The molecule has 1 N–H and O–H groups in total. The van der Waals surface area contributed by atoms with Gasteiger partial charge in [0.05, 0.1) is 7.11 Å². The number of nitrogens with zero attached hydrogens (tertiary/aromatic N) is 1. The third-order valence-electron chi connectivity index (χ3n) is 3.71. The first-order valence-corrected chi connectivity index (χ1v) is 6.74. The lowest BCUT2D eigenvalue weighted by Gasteiger charge is -2.15. The van der Waals surface area contributed by atoms with Gasteiger partial charge in [-0.05, 0) is 43.0 Å². The maximum Gasteiger partial charge on any atom is 0.303 e. The highest BCUT2D eigenvalue weighted by atomic mass is 16.5. The van der Waals surface area contributed by atoms with E-state index in [1.165, 1.54) is 5.56 Å². The van der Waals surface area contributed by atoms with Gasteiger partial charge in [-0.25, -0.2) is 0 Å². The summed E-state index contributed by atoms with van der Waals surface area (Å²) in [6.45, 7) is 2.94. The van der Waals surface area contributed by atoms with Crippen LogP contribution < -0.4 is 4.74 Å². The number of carboxylic acid groups (broad SMARTS) is 1. The van der Waals surface area contributed by atoms with Gasteiger partial charge in [-0.2, -0.15) is 0 Å². The van der Waals surface area contributed by atoms with Crippen molar-refractivity contribution in [3.05, 3.63) is 29.8 Å². The van der Waals surface area contributed by atoms with Crippen molar-refractivity contribution in [1.29, 1.82) is 0 Å². The van der Waals surface area contributed by atoms with E-state index in [1.807, 2.05) is 12.1 Å². The van der Waals surface area contributed by atoms with Gasteiger partial charge in [0, 0.05) is 19.5 Å². The summed E-state index contributed by atoms with van der Waals surface area (Å²) in [7, 11) is 1.67. The molecule has 0 spiro atoms. The third-order valence-corrected chi connectivity index (χ3v) is 3.71. The molecule has 2 rings (SSSR count). The predicted octanol–water partition coefficient (Wildman–Crippen LogP) is 2.03. The lowest BCUT2D eigenvalue weighted by Crippen LogP contribution is -2.23. The van der Waals surface area contributed by atoms with Crippen LogP contribution in [0.5, 0.6) is 5.75 Å². The molecule has 1 aromatic carbocycles. The maximum absolute atomic E-state index is 10.7. The second kappa shape index (κ2) is 6.57. The molecular formula is C15H21NO3. The van der Waals surface area contributed by atoms with E-state index >= 15 is 0 Å². The van der Waals surface area contributed by atoms with E-state index in [9.17, 15) is 4.79 Å². The topological polar surface area (TPSA) is 49.8 Å². The molecule has 4 heteroatoms. The predicted molar refractivity (Wildman–Crippen MR) is 73.5 cm³/mol. The second-order valence-electron chi connectivity index (χ2n) is 5.15. The Kier molecular flexibility index (Phi) is 4.80. The van der Waals surface area contributed by atoms with Crippen molar-refractivity contribution < 1.29 is 14.6 Å². The van der Waals surface area contributed by atoms with Crippen LogP contribution in [0.4, 0.5) is 0 Å². The van der Waals surface area contributed by atoms with Crippen LogP contribution in [0.25, 0.3) is 0 Å². The normalized spacial score (nSPS) is 19.5. The number of aliphatic carboxylic acids is 1. The van der Waals surface area contributed by atoms with Crippen LogP contribution in [0.2, 0.25) is 0 Å². The van der Waals surface area contributed by atoms with Gasteiger partial charge in [-0.3, -0.25) is 4.79 Å². The molecule has 4 nitrogen and oxygen atoms in total. The van der Waals surface area contributed by atoms with Crippen molar-refractivity contribution >= 4 is 5.97 Å². The minimum Gasteiger partial charge on any atom is -0.497 e. The number of hydrogen-bond acceptors (Lipinski definition) is 3. The summed E-state index contributed by atoms with van der Waals surface area (Å²) in [5, 5.41) is 8.79. The van der Waals surface area contributed by atoms with Gasteiger partial charge in [0.2, 0.25) is 0 Å². The van der Waals surface area contributed by atoms with Crippen LogP contribution in [0, 0.1) is 5.92 Å². The molecule has 0 aliphatic carbocycles. The van der Waals surface area contributed by atoms with E-state index < -0.39 is 5.97 Å². The van der Waals surface area contributed by atoms with Gasteiger partial charge in [-0.15, -0.1) is 0 Å². The van der Waals surface area contributed by atoms with Crippen LogP contribution in [0.15, 0.2) is 24.3 Å². The fourth-order valence-electron chi connectivity index (χ4n) is 2.61. The average Bonchev–Trinajstić information content (AvgIpc) is 2.84. The smallest absolute Gasteiger partial charge is 0.303 e. The summed E-state index contributed by atoms with van der Waals surface area (Å²) < 4.78 is 5.13. The zero-order valence-electron chi connectivity index (χ0n) is 11.3. The monoisotopic (exact) mass is 263 g/mol. The fraction of sp³-hybridized carbons (Fsp3) is 0.533. The zero-order chi connectivity index (χ0) is 13.7. The standard InChI is InChI=1S/C15H21NO3/c1-19-14-4-2-12(3-5-14)6-8-16-9-7-13(11-16)10-15(17)18/h2-5,13H,6-11H2,1H3,(H,17,18). The molecule has 0 bridgehead atoms. The lowest BCUT2D eigenvalue weighted by atomic mass is 10.1. The Balaban J connectivity index is 1.75. The summed E-state index contributed by atoms with van der Waals surface area (Å²) in [4.78, 5) is 13.0. The van der Waals surface area contributed by atoms with Crippen molar-refractivity contribution in [2.24, 2.45) is 5.92 Å². The molecule has 1 fully saturated rings. The molecule has 0 saturated carbocycles. The van der Waals surface area contributed by atoms with Gasteiger partial charge in [0.1, 0.15) is 5.75 Å². The molecule has 0 aromatic heterocycles. The molecule has 0 radical (unpaired) electrons. The molecule has 1 saturated heterocycles. The highest BCUT2D eigenvalue weighted by Gasteiger charge is 2.23. The van der Waals surface area contributed by atoms with Crippen molar-refractivity contribution in [3.8, 4) is 5.75 Å². The van der Waals surface area contributed by atoms with E-state index in [4.69, 9.17) is 9.84 Å². The highest BCUT2D eigenvalue weighted by Crippen LogP contribution is 2.20. The molecule has 19 heavy (non-hydrogen) atoms. The number of carbonyl (C=O) groups is 1. The van der Waals surface area contributed by atoms with Crippen molar-refractivity contribution in [3.63, 3.8) is 0 Å². The van der Waals surface area contributed by atoms with Crippen LogP contribution in [-0.4, -0.2) is 42.7 Å². The van der Waals surface area contributed by atoms with E-state index in [-0.39, 0.29) is 0 Å². The summed E-state index contributed by atoms with van der Waals surface area (Å²) in [5.74, 6) is 0.529. The number of hydrogen-bond donors (Lipinski definition) is 1. The van der Waals surface area contributed by atoms with E-state index in [2.05, 4.69) is 17.0 Å². The van der Waals surface area contributed by atoms with E-state index in [1.54, 1.807) is 7.11 Å². The maximum atomic E-state index is 10.7. The first-order valence-electron chi connectivity index (χ1n) is 6.74. The molecule has 0 amide bonds. The van der Waals surface area contributed by atoms with Crippen LogP contribution >= 0.6 is 0 Å². The summed E-state index contributed by atoms with van der Waals surface area (Å²) >= 11 is 0. The SMILES string of the molecule is COc1ccc(CCN2CCC(CC(=O)O)C2)cc1. The minimum absolute atomic E-state index is 0.305. The van der Waals surface area contributed by atoms with E-state index in [0.29, 0.717) is 12.3 Å². The van der Waals surface area contributed by atoms with Crippen LogP contribution in [0.1, 0.15) is 18.4 Å². The largest absolute Gasteiger partial charge is 0.497 e. The van der Waals surface area contributed by atoms with Gasteiger partial charge in [0.15, 0.2) is 0 Å². The van der Waals surface area contributed by atoms with Crippen molar-refractivity contribution in [2.75, 3.05) is 26.7 Å². The lowest BCUT2D eigenvalue weighted by molar-refractivity contribution is -0.138. The van der Waals surface area contributed by atoms with E-state index in [0.717, 1.165) is 38.2 Å². The number of carboxylic acids is 1. The van der Waals surface area contributed by atoms with Crippen LogP contribution in [0.3, 0.4) is 0 Å². The first kappa shape index (κ1) is 13.9. The molecule has 1 aliphatic heterocycles. The van der Waals surface area contributed by atoms with Gasteiger partial charge >= 0.3 is 5.97 Å². The van der Waals surface area contributed by atoms with Crippen LogP contribution in [-0.2, 0) is 11.2 Å². The number of likely N-dealkylation sites (tertiary alicyclic amines) is 1. The molecular weight excluding hydrogens is 242 g/mol. The molecule has 1 heterocycles. The Hall–Kier alpha value is -1.55. The molecule has 1 atom stereocenters. The molecule has 1 unspecified atom stereocenters. The number of methoxy groups -OCH3 is 1. The number of ether oxygens (including phenoxy) is 1. The Morgan fingerprint density at radius 2 is 2.16 bits per heavy atom. The van der Waals surface area contributed by atoms with Gasteiger partial charge < -0.3 is 14.7 Å². The van der Waals surface area contributed by atoms with Crippen molar-refractivity contribution in [2.45, 2.75) is 19.3 Å². The van der Waals surface area contributed by atoms with Crippen molar-refractivity contribution in [1.82, 2.24) is 4.90 Å². The average molecular weight is 263 g/mol. The zero-order valence-corrected chi connectivity index (χ0v) is 11.3. The minimum atomic E-state index is -0.679. The molecule has 1 aliphatic rings. The molecule has 104 valence electrons. The summed E-state index contributed by atoms with van der Waals surface area (Å²) in [5.41, 5.74) is 1.29.